The van der Waals surface area contributed by atoms with Crippen molar-refractivity contribution in [1.29, 1.82) is 0 Å². The molecule has 0 aromatic rings. The topological polar surface area (TPSA) is 17.3 Å². The van der Waals surface area contributed by atoms with Gasteiger partial charge in [0.25, 0.3) is 0 Å². The first-order valence-electron chi connectivity index (χ1n) is 4.49. The van der Waals surface area contributed by atoms with E-state index >= 15 is 0 Å². The van der Waals surface area contributed by atoms with Gasteiger partial charge in [0.15, 0.2) is 0 Å². The summed E-state index contributed by atoms with van der Waals surface area (Å²) < 4.78 is 0. The Morgan fingerprint density at radius 2 is 1.82 bits per heavy atom. The summed E-state index contributed by atoms with van der Waals surface area (Å²) in [5.41, 5.74) is 0.333. The molecule has 0 unspecified atom stereocenters. The maximum Gasteiger partial charge on any atom is 0.0261 e. The van der Waals surface area contributed by atoms with E-state index in [4.69, 9.17) is 0 Å². The normalized spacial score (nSPS) is 23.2. The number of nitrogens with zero attached hydrogens (tertiary/aromatic N) is 2. The van der Waals surface area contributed by atoms with Gasteiger partial charge in [0.05, 0.1) is 0 Å². The first-order chi connectivity index (χ1) is 5.11. The molecule has 0 bridgehead atoms. The predicted molar refractivity (Wildman–Crippen MR) is 47.8 cm³/mol. The van der Waals surface area contributed by atoms with Crippen LogP contribution in [0.3, 0.4) is 0 Å². The summed E-state index contributed by atoms with van der Waals surface area (Å²) in [6, 6.07) is 0. The van der Waals surface area contributed by atoms with Gasteiger partial charge in [0.2, 0.25) is 0 Å². The molecule has 0 saturated carbocycles. The molecule has 1 saturated heterocycles. The van der Waals surface area contributed by atoms with E-state index in [1.165, 1.54) is 13.0 Å². The van der Waals surface area contributed by atoms with Crippen LogP contribution in [-0.4, -0.2) is 36.6 Å². The first kappa shape index (κ1) is 9.01. The molecule has 0 N–H and O–H groups in total. The van der Waals surface area contributed by atoms with Crippen LogP contribution in [0, 0.1) is 0 Å². The summed E-state index contributed by atoms with van der Waals surface area (Å²) in [7, 11) is 0. The SMILES string of the molecule is CC(C)(C)N1CCC[N]CC1. The van der Waals surface area contributed by atoms with E-state index in [9.17, 15) is 0 Å². The molecule has 0 aliphatic carbocycles. The summed E-state index contributed by atoms with van der Waals surface area (Å²) >= 11 is 0. The minimum Gasteiger partial charge on any atom is -0.297 e. The largest absolute Gasteiger partial charge is 0.297 e. The average molecular weight is 155 g/mol. The average Bonchev–Trinajstić information content (AvgIpc) is 2.10. The van der Waals surface area contributed by atoms with Crippen molar-refractivity contribution in [1.82, 2.24) is 10.2 Å². The van der Waals surface area contributed by atoms with Gasteiger partial charge >= 0.3 is 0 Å². The van der Waals surface area contributed by atoms with Crippen molar-refractivity contribution in [3.63, 3.8) is 0 Å². The minimum absolute atomic E-state index is 0.333. The molecule has 2 nitrogen and oxygen atoms in total. The smallest absolute Gasteiger partial charge is 0.0261 e. The first-order valence-corrected chi connectivity index (χ1v) is 4.49. The van der Waals surface area contributed by atoms with Gasteiger partial charge in [0, 0.05) is 25.2 Å². The van der Waals surface area contributed by atoms with Crippen LogP contribution in [0.15, 0.2) is 0 Å². The van der Waals surface area contributed by atoms with Gasteiger partial charge in [-0.15, -0.1) is 0 Å². The highest BCUT2D eigenvalue weighted by atomic mass is 15.2. The zero-order valence-electron chi connectivity index (χ0n) is 7.93. The summed E-state index contributed by atoms with van der Waals surface area (Å²) in [5.74, 6) is 0. The van der Waals surface area contributed by atoms with Crippen molar-refractivity contribution in [3.05, 3.63) is 0 Å². The Balaban J connectivity index is 2.43. The lowest BCUT2D eigenvalue weighted by molar-refractivity contribution is 0.147. The van der Waals surface area contributed by atoms with Gasteiger partial charge in [-0.1, -0.05) is 0 Å². The Morgan fingerprint density at radius 3 is 2.45 bits per heavy atom. The quantitative estimate of drug-likeness (QED) is 0.512. The molecule has 1 radical (unpaired) electrons. The summed E-state index contributed by atoms with van der Waals surface area (Å²) in [4.78, 5) is 2.52. The van der Waals surface area contributed by atoms with Gasteiger partial charge in [-0.25, -0.2) is 5.32 Å². The fourth-order valence-corrected chi connectivity index (χ4v) is 1.46. The molecule has 0 aromatic carbocycles. The molecule has 1 fully saturated rings. The fourth-order valence-electron chi connectivity index (χ4n) is 1.46. The molecule has 1 heterocycles. The lowest BCUT2D eigenvalue weighted by Gasteiger charge is -2.34. The van der Waals surface area contributed by atoms with E-state index in [-0.39, 0.29) is 0 Å². The van der Waals surface area contributed by atoms with Crippen molar-refractivity contribution >= 4 is 0 Å². The zero-order valence-corrected chi connectivity index (χ0v) is 7.93. The zero-order chi connectivity index (χ0) is 8.32. The molecule has 0 aromatic heterocycles. The molecular formula is C9H19N2. The number of rotatable bonds is 0. The Kier molecular flexibility index (Phi) is 2.90. The van der Waals surface area contributed by atoms with Crippen molar-refractivity contribution in [2.75, 3.05) is 26.2 Å². The van der Waals surface area contributed by atoms with Crippen LogP contribution < -0.4 is 5.32 Å². The third-order valence-corrected chi connectivity index (χ3v) is 2.22. The molecule has 11 heavy (non-hydrogen) atoms. The van der Waals surface area contributed by atoms with Gasteiger partial charge in [-0.3, -0.25) is 4.90 Å². The van der Waals surface area contributed by atoms with Gasteiger partial charge < -0.3 is 0 Å². The fraction of sp³-hybridized carbons (Fsp3) is 1.00. The van der Waals surface area contributed by atoms with E-state index in [1.54, 1.807) is 0 Å². The van der Waals surface area contributed by atoms with Gasteiger partial charge in [0.1, 0.15) is 0 Å². The Bertz CT molecular complexity index is 107. The lowest BCUT2D eigenvalue weighted by atomic mass is 10.1. The summed E-state index contributed by atoms with van der Waals surface area (Å²) in [6.45, 7) is 11.3. The van der Waals surface area contributed by atoms with Crippen molar-refractivity contribution in [3.8, 4) is 0 Å². The molecule has 1 aliphatic rings. The van der Waals surface area contributed by atoms with Crippen LogP contribution in [0.5, 0.6) is 0 Å². The summed E-state index contributed by atoms with van der Waals surface area (Å²) in [6.07, 6.45) is 1.23. The molecule has 65 valence electrons. The highest BCUT2D eigenvalue weighted by Crippen LogP contribution is 2.13. The summed E-state index contributed by atoms with van der Waals surface area (Å²) in [5, 5.41) is 4.39. The Labute approximate surface area is 70.0 Å². The van der Waals surface area contributed by atoms with E-state index in [2.05, 4.69) is 31.0 Å². The second-order valence-electron chi connectivity index (χ2n) is 4.18. The van der Waals surface area contributed by atoms with E-state index < -0.39 is 0 Å². The van der Waals surface area contributed by atoms with Crippen LogP contribution in [0.2, 0.25) is 0 Å². The molecule has 0 amide bonds. The second-order valence-corrected chi connectivity index (χ2v) is 4.18. The number of hydrogen-bond donors (Lipinski definition) is 0. The molecule has 0 atom stereocenters. The number of hydrogen-bond acceptors (Lipinski definition) is 1. The molecule has 0 spiro atoms. The van der Waals surface area contributed by atoms with E-state index in [0.717, 1.165) is 19.6 Å². The third-order valence-electron chi connectivity index (χ3n) is 2.22. The van der Waals surface area contributed by atoms with Gasteiger partial charge in [-0.2, -0.15) is 0 Å². The standard InChI is InChI=1S/C9H19N2/c1-9(2,3)11-7-4-5-10-6-8-11/h4-8H2,1-3H3. The minimum atomic E-state index is 0.333. The molecule has 1 aliphatic heterocycles. The van der Waals surface area contributed by atoms with Crippen molar-refractivity contribution in [2.24, 2.45) is 0 Å². The highest BCUT2D eigenvalue weighted by Gasteiger charge is 2.21. The molecule has 1 rings (SSSR count). The Hall–Kier alpha value is -0.0800. The van der Waals surface area contributed by atoms with Crippen molar-refractivity contribution < 1.29 is 0 Å². The van der Waals surface area contributed by atoms with Gasteiger partial charge in [-0.05, 0) is 33.7 Å². The third kappa shape index (κ3) is 2.80. The highest BCUT2D eigenvalue weighted by molar-refractivity contribution is 4.78. The van der Waals surface area contributed by atoms with E-state index in [0.29, 0.717) is 5.54 Å². The van der Waals surface area contributed by atoms with Crippen LogP contribution in [-0.2, 0) is 0 Å². The monoisotopic (exact) mass is 155 g/mol. The van der Waals surface area contributed by atoms with Crippen LogP contribution in [0.4, 0.5) is 0 Å². The van der Waals surface area contributed by atoms with Crippen LogP contribution in [0.25, 0.3) is 0 Å². The molecular weight excluding hydrogens is 136 g/mol. The predicted octanol–water partition coefficient (Wildman–Crippen LogP) is 1.09. The second kappa shape index (κ2) is 3.55. The maximum atomic E-state index is 4.39. The van der Waals surface area contributed by atoms with E-state index in [1.807, 2.05) is 0 Å². The van der Waals surface area contributed by atoms with Crippen LogP contribution in [0.1, 0.15) is 27.2 Å². The van der Waals surface area contributed by atoms with Crippen LogP contribution >= 0.6 is 0 Å². The maximum absolute atomic E-state index is 4.39. The Morgan fingerprint density at radius 1 is 1.09 bits per heavy atom. The molecule has 2 heteroatoms. The van der Waals surface area contributed by atoms with Crippen molar-refractivity contribution in [2.45, 2.75) is 32.7 Å². The lowest BCUT2D eigenvalue weighted by Crippen LogP contribution is -2.42.